The fraction of sp³-hybridized carbons (Fsp3) is 0.357. The van der Waals surface area contributed by atoms with Gasteiger partial charge in [0.1, 0.15) is 0 Å². The number of halogens is 4. The summed E-state index contributed by atoms with van der Waals surface area (Å²) < 4.78 is 6.89. The number of oxazole rings is 1. The van der Waals surface area contributed by atoms with E-state index in [0.29, 0.717) is 0 Å². The number of hydrogen-bond acceptors (Lipinski definition) is 4. The van der Waals surface area contributed by atoms with Gasteiger partial charge < -0.3 is 9.73 Å². The molecule has 0 radical (unpaired) electrons. The van der Waals surface area contributed by atoms with Gasteiger partial charge in [0.05, 0.1) is 12.7 Å². The SMILES string of the molecule is Brc1ccc(-c2cnc(CN3CCNCC3)o2)cc1.Cl.Cl.Cl. The molecule has 1 aromatic heterocycles. The minimum atomic E-state index is 0. The van der Waals surface area contributed by atoms with Crippen molar-refractivity contribution in [1.82, 2.24) is 15.2 Å². The van der Waals surface area contributed by atoms with E-state index in [2.05, 4.69) is 31.1 Å². The molecule has 2 heterocycles. The van der Waals surface area contributed by atoms with Crippen molar-refractivity contribution >= 4 is 53.2 Å². The third-order valence-electron chi connectivity index (χ3n) is 3.25. The molecule has 0 bridgehead atoms. The van der Waals surface area contributed by atoms with Crippen molar-refractivity contribution in [3.05, 3.63) is 40.8 Å². The monoisotopic (exact) mass is 429 g/mol. The maximum absolute atomic E-state index is 5.82. The first-order chi connectivity index (χ1) is 9.31. The zero-order valence-corrected chi connectivity index (χ0v) is 15.9. The maximum Gasteiger partial charge on any atom is 0.209 e. The van der Waals surface area contributed by atoms with E-state index in [1.807, 2.05) is 24.3 Å². The van der Waals surface area contributed by atoms with Gasteiger partial charge in [-0.1, -0.05) is 28.1 Å². The Bertz CT molecular complexity index is 545. The first-order valence-electron chi connectivity index (χ1n) is 6.45. The predicted molar refractivity (Wildman–Crippen MR) is 99.5 cm³/mol. The molecule has 0 saturated carbocycles. The molecule has 1 aromatic carbocycles. The zero-order valence-electron chi connectivity index (χ0n) is 11.8. The first-order valence-corrected chi connectivity index (χ1v) is 7.24. The van der Waals surface area contributed by atoms with Crippen LogP contribution in [0.25, 0.3) is 11.3 Å². The lowest BCUT2D eigenvalue weighted by Crippen LogP contribution is -2.42. The molecule has 1 fully saturated rings. The highest BCUT2D eigenvalue weighted by Gasteiger charge is 2.13. The van der Waals surface area contributed by atoms with Crippen LogP contribution in [0, 0.1) is 0 Å². The van der Waals surface area contributed by atoms with Gasteiger partial charge in [-0.05, 0) is 12.1 Å². The van der Waals surface area contributed by atoms with Crippen molar-refractivity contribution in [3.63, 3.8) is 0 Å². The van der Waals surface area contributed by atoms with Gasteiger partial charge >= 0.3 is 0 Å². The Labute approximate surface area is 157 Å². The standard InChI is InChI=1S/C14H16BrN3O.3ClH/c15-12-3-1-11(2-4-12)13-9-17-14(19-13)10-18-7-5-16-6-8-18;;;/h1-4,9,16H,5-8,10H2;3*1H. The summed E-state index contributed by atoms with van der Waals surface area (Å²) in [6, 6.07) is 8.07. The Morgan fingerprint density at radius 2 is 1.73 bits per heavy atom. The normalized spacial score (nSPS) is 14.4. The summed E-state index contributed by atoms with van der Waals surface area (Å²) in [6.45, 7) is 4.98. The number of nitrogens with zero attached hydrogens (tertiary/aromatic N) is 2. The highest BCUT2D eigenvalue weighted by Crippen LogP contribution is 2.22. The Balaban J connectivity index is 0.00000147. The van der Waals surface area contributed by atoms with Gasteiger partial charge in [-0.3, -0.25) is 4.90 Å². The summed E-state index contributed by atoms with van der Waals surface area (Å²) >= 11 is 3.43. The molecule has 1 aliphatic rings. The van der Waals surface area contributed by atoms with E-state index in [4.69, 9.17) is 4.42 Å². The van der Waals surface area contributed by atoms with Crippen LogP contribution in [0.1, 0.15) is 5.89 Å². The van der Waals surface area contributed by atoms with Crippen LogP contribution >= 0.6 is 53.2 Å². The van der Waals surface area contributed by atoms with E-state index < -0.39 is 0 Å². The first kappa shape index (κ1) is 21.7. The summed E-state index contributed by atoms with van der Waals surface area (Å²) in [5, 5.41) is 3.34. The third-order valence-corrected chi connectivity index (χ3v) is 3.78. The van der Waals surface area contributed by atoms with Crippen LogP contribution in [0.5, 0.6) is 0 Å². The molecule has 0 unspecified atom stereocenters. The van der Waals surface area contributed by atoms with Crippen molar-refractivity contribution < 1.29 is 4.42 Å². The molecular weight excluding hydrogens is 412 g/mol. The molecular formula is C14H19BrCl3N3O. The van der Waals surface area contributed by atoms with Crippen LogP contribution in [0.15, 0.2) is 39.4 Å². The maximum atomic E-state index is 5.82. The molecule has 22 heavy (non-hydrogen) atoms. The van der Waals surface area contributed by atoms with E-state index in [-0.39, 0.29) is 37.2 Å². The number of rotatable bonds is 3. The Morgan fingerprint density at radius 3 is 2.36 bits per heavy atom. The summed E-state index contributed by atoms with van der Waals surface area (Å²) in [4.78, 5) is 6.72. The van der Waals surface area contributed by atoms with Crippen molar-refractivity contribution in [2.24, 2.45) is 0 Å². The smallest absolute Gasteiger partial charge is 0.209 e. The van der Waals surface area contributed by atoms with Crippen LogP contribution in [-0.2, 0) is 6.54 Å². The highest BCUT2D eigenvalue weighted by molar-refractivity contribution is 9.10. The summed E-state index contributed by atoms with van der Waals surface area (Å²) in [7, 11) is 0. The van der Waals surface area contributed by atoms with Crippen molar-refractivity contribution in [2.45, 2.75) is 6.54 Å². The minimum absolute atomic E-state index is 0. The van der Waals surface area contributed by atoms with Crippen molar-refractivity contribution in [2.75, 3.05) is 26.2 Å². The lowest BCUT2D eigenvalue weighted by atomic mass is 10.2. The molecule has 124 valence electrons. The second-order valence-corrected chi connectivity index (χ2v) is 5.57. The summed E-state index contributed by atoms with van der Waals surface area (Å²) in [5.74, 6) is 1.62. The minimum Gasteiger partial charge on any atom is -0.439 e. The Morgan fingerprint density at radius 1 is 1.09 bits per heavy atom. The second-order valence-electron chi connectivity index (χ2n) is 4.65. The summed E-state index contributed by atoms with van der Waals surface area (Å²) in [5.41, 5.74) is 1.06. The topological polar surface area (TPSA) is 41.3 Å². The van der Waals surface area contributed by atoms with E-state index >= 15 is 0 Å². The van der Waals surface area contributed by atoms with Crippen LogP contribution in [0.3, 0.4) is 0 Å². The Kier molecular flexibility index (Phi) is 10.3. The fourth-order valence-corrected chi connectivity index (χ4v) is 2.46. The average molecular weight is 432 g/mol. The summed E-state index contributed by atoms with van der Waals surface area (Å²) in [6.07, 6.45) is 1.81. The number of benzene rings is 1. The van der Waals surface area contributed by atoms with Crippen LogP contribution in [-0.4, -0.2) is 36.1 Å². The van der Waals surface area contributed by atoms with Crippen LogP contribution < -0.4 is 5.32 Å². The molecule has 4 nitrogen and oxygen atoms in total. The molecule has 0 spiro atoms. The van der Waals surface area contributed by atoms with Crippen LogP contribution in [0.4, 0.5) is 0 Å². The largest absolute Gasteiger partial charge is 0.439 e. The van der Waals surface area contributed by atoms with E-state index in [1.54, 1.807) is 6.20 Å². The Hall–Kier alpha value is -0.300. The molecule has 3 rings (SSSR count). The second kappa shape index (κ2) is 10.5. The van der Waals surface area contributed by atoms with E-state index in [1.165, 1.54) is 0 Å². The van der Waals surface area contributed by atoms with Crippen molar-refractivity contribution in [1.29, 1.82) is 0 Å². The predicted octanol–water partition coefficient (Wildman–Crippen LogP) is 3.77. The van der Waals surface area contributed by atoms with Gasteiger partial charge in [-0.2, -0.15) is 0 Å². The highest BCUT2D eigenvalue weighted by atomic mass is 79.9. The molecule has 8 heteroatoms. The number of nitrogens with one attached hydrogen (secondary N) is 1. The van der Waals surface area contributed by atoms with Gasteiger partial charge in [-0.15, -0.1) is 37.2 Å². The van der Waals surface area contributed by atoms with Crippen LogP contribution in [0.2, 0.25) is 0 Å². The quantitative estimate of drug-likeness (QED) is 0.803. The lowest BCUT2D eigenvalue weighted by molar-refractivity contribution is 0.213. The zero-order chi connectivity index (χ0) is 13.1. The molecule has 1 saturated heterocycles. The fourth-order valence-electron chi connectivity index (χ4n) is 2.19. The van der Waals surface area contributed by atoms with Gasteiger partial charge in [0.25, 0.3) is 0 Å². The molecule has 1 aliphatic heterocycles. The molecule has 0 aliphatic carbocycles. The number of hydrogen-bond donors (Lipinski definition) is 1. The molecule has 1 N–H and O–H groups in total. The number of piperazine rings is 1. The average Bonchev–Trinajstić information content (AvgIpc) is 2.89. The van der Waals surface area contributed by atoms with E-state index in [0.717, 1.165) is 54.4 Å². The van der Waals surface area contributed by atoms with Gasteiger partial charge in [0.2, 0.25) is 5.89 Å². The van der Waals surface area contributed by atoms with Crippen molar-refractivity contribution in [3.8, 4) is 11.3 Å². The lowest BCUT2D eigenvalue weighted by Gasteiger charge is -2.25. The molecule has 2 aromatic rings. The molecule has 0 atom stereocenters. The van der Waals surface area contributed by atoms with E-state index in [9.17, 15) is 0 Å². The third kappa shape index (κ3) is 5.72. The number of aromatic nitrogens is 1. The van der Waals surface area contributed by atoms with Gasteiger partial charge in [0.15, 0.2) is 5.76 Å². The van der Waals surface area contributed by atoms with Gasteiger partial charge in [-0.25, -0.2) is 4.98 Å². The van der Waals surface area contributed by atoms with Gasteiger partial charge in [0, 0.05) is 36.2 Å². The molecule has 0 amide bonds.